The molecule has 0 aromatic heterocycles. The first kappa shape index (κ1) is 8.84. The monoisotopic (exact) mass is 70.0 g/mol. The van der Waals surface area contributed by atoms with E-state index in [0.717, 1.165) is 0 Å². The maximum atomic E-state index is 7.71. The minimum absolute atomic E-state index is 0. The van der Waals surface area contributed by atoms with Crippen molar-refractivity contribution in [3.63, 3.8) is 0 Å². The maximum Gasteiger partial charge on any atom is 1.00 e. The van der Waals surface area contributed by atoms with Gasteiger partial charge in [-0.3, -0.25) is 0 Å². The van der Waals surface area contributed by atoms with Crippen LogP contribution in [0.5, 0.6) is 0 Å². The van der Waals surface area contributed by atoms with Gasteiger partial charge in [0.2, 0.25) is 0 Å². The summed E-state index contributed by atoms with van der Waals surface area (Å²) in [6, 6.07) is 0. The van der Waals surface area contributed by atoms with Crippen LogP contribution in [-0.2, 0) is 0 Å². The van der Waals surface area contributed by atoms with Gasteiger partial charge in [0.05, 0.1) is 0 Å². The Morgan fingerprint density at radius 2 is 2.00 bits per heavy atom. The molecule has 0 atom stereocenters. The second kappa shape index (κ2) is 9.23. The van der Waals surface area contributed by atoms with Crippen LogP contribution >= 0.6 is 0 Å². The molecule has 0 spiro atoms. The Kier molecular flexibility index (Phi) is 20.4. The van der Waals surface area contributed by atoms with E-state index in [4.69, 9.17) is 4.80 Å². The van der Waals surface area contributed by atoms with Crippen molar-refractivity contribution in [2.75, 3.05) is 0 Å². The molecule has 0 aromatic rings. The van der Waals surface area contributed by atoms with Gasteiger partial charge in [-0.2, -0.15) is 0 Å². The Morgan fingerprint density at radius 1 is 2.00 bits per heavy atom. The van der Waals surface area contributed by atoms with Crippen molar-refractivity contribution in [2.45, 2.75) is 6.55 Å². The molecule has 0 aliphatic heterocycles. The Morgan fingerprint density at radius 3 is 2.00 bits per heavy atom. The van der Waals surface area contributed by atoms with Gasteiger partial charge < -0.3 is 6.22 Å². The molecular formula is CH7LiOSi. The normalized spacial score (nSPS) is 7.50. The predicted octanol–water partition coefficient (Wildman–Crippen LogP) is -3.77. The van der Waals surface area contributed by atoms with Crippen molar-refractivity contribution in [2.24, 2.45) is 0 Å². The first-order chi connectivity index (χ1) is 1.41. The molecule has 22 valence electrons. The molecule has 0 rings (SSSR count). The summed E-state index contributed by atoms with van der Waals surface area (Å²) in [6.45, 7) is 1.82. The molecule has 4 heavy (non-hydrogen) atoms. The summed E-state index contributed by atoms with van der Waals surface area (Å²) in [5.41, 5.74) is 0. The SMILES string of the molecule is C[SiH2]O.[H-].[Li+]. The molecule has 0 saturated heterocycles. The van der Waals surface area contributed by atoms with Gasteiger partial charge in [-0.05, 0) is 0 Å². The third kappa shape index (κ3) is 14.6. The van der Waals surface area contributed by atoms with Gasteiger partial charge in [0.25, 0.3) is 0 Å². The molecule has 0 unspecified atom stereocenters. The van der Waals surface area contributed by atoms with Crippen molar-refractivity contribution in [3.8, 4) is 0 Å². The van der Waals surface area contributed by atoms with Crippen molar-refractivity contribution < 1.29 is 25.1 Å². The average molecular weight is 70.1 g/mol. The third-order valence-corrected chi connectivity index (χ3v) is 0. The van der Waals surface area contributed by atoms with Gasteiger partial charge in [-0.1, -0.05) is 6.55 Å². The molecule has 0 fully saturated rings. The van der Waals surface area contributed by atoms with Crippen LogP contribution in [0.2, 0.25) is 6.55 Å². The Hall–Kier alpha value is 0.774. The molecule has 0 radical (unpaired) electrons. The molecule has 0 aliphatic carbocycles. The molecular weight excluding hydrogens is 63.0 g/mol. The molecule has 1 nitrogen and oxygen atoms in total. The first-order valence-corrected chi connectivity index (χ1v) is 3.07. The third-order valence-electron chi connectivity index (χ3n) is 0. The molecule has 0 heterocycles. The van der Waals surface area contributed by atoms with E-state index in [1.807, 2.05) is 6.55 Å². The van der Waals surface area contributed by atoms with Crippen molar-refractivity contribution in [3.05, 3.63) is 0 Å². The molecule has 0 bridgehead atoms. The summed E-state index contributed by atoms with van der Waals surface area (Å²) < 4.78 is 0. The zero-order valence-corrected chi connectivity index (χ0v) is 4.57. The fraction of sp³-hybridized carbons (Fsp3) is 1.00. The predicted molar refractivity (Wildman–Crippen MR) is 17.7 cm³/mol. The van der Waals surface area contributed by atoms with Crippen molar-refractivity contribution in [1.29, 1.82) is 0 Å². The minimum atomic E-state index is -0.583. The zero-order valence-electron chi connectivity index (χ0n) is 4.15. The van der Waals surface area contributed by atoms with Crippen LogP contribution in [0.1, 0.15) is 1.43 Å². The topological polar surface area (TPSA) is 20.2 Å². The van der Waals surface area contributed by atoms with Crippen LogP contribution in [-0.4, -0.2) is 14.6 Å². The van der Waals surface area contributed by atoms with Gasteiger partial charge in [0.1, 0.15) is 0 Å². The van der Waals surface area contributed by atoms with Crippen LogP contribution in [0.15, 0.2) is 0 Å². The van der Waals surface area contributed by atoms with Gasteiger partial charge in [-0.25, -0.2) is 0 Å². The van der Waals surface area contributed by atoms with E-state index in [1.54, 1.807) is 0 Å². The van der Waals surface area contributed by atoms with E-state index in [0.29, 0.717) is 0 Å². The maximum absolute atomic E-state index is 7.71. The largest absolute Gasteiger partial charge is 1.00 e. The Bertz CT molecular complexity index is 11.6. The van der Waals surface area contributed by atoms with Crippen LogP contribution in [0.3, 0.4) is 0 Å². The van der Waals surface area contributed by atoms with Gasteiger partial charge in [-0.15, -0.1) is 0 Å². The average Bonchev–Trinajstić information content (AvgIpc) is 0.918. The van der Waals surface area contributed by atoms with Crippen LogP contribution < -0.4 is 18.9 Å². The first-order valence-electron chi connectivity index (χ1n) is 1.02. The summed E-state index contributed by atoms with van der Waals surface area (Å²) >= 11 is 0. The second-order valence-corrected chi connectivity index (χ2v) is 0.949. The molecule has 0 aliphatic rings. The van der Waals surface area contributed by atoms with Crippen LogP contribution in [0, 0.1) is 0 Å². The van der Waals surface area contributed by atoms with Crippen LogP contribution in [0.25, 0.3) is 0 Å². The van der Waals surface area contributed by atoms with Crippen molar-refractivity contribution in [1.82, 2.24) is 0 Å². The summed E-state index contributed by atoms with van der Waals surface area (Å²) in [5.74, 6) is 0. The van der Waals surface area contributed by atoms with E-state index in [1.165, 1.54) is 0 Å². The summed E-state index contributed by atoms with van der Waals surface area (Å²) in [7, 11) is -0.583. The van der Waals surface area contributed by atoms with E-state index in [-0.39, 0.29) is 20.3 Å². The fourth-order valence-electron chi connectivity index (χ4n) is 0. The van der Waals surface area contributed by atoms with Crippen molar-refractivity contribution >= 4 is 9.76 Å². The zero-order chi connectivity index (χ0) is 2.71. The number of hydrogen-bond acceptors (Lipinski definition) is 1. The van der Waals surface area contributed by atoms with E-state index < -0.39 is 9.76 Å². The van der Waals surface area contributed by atoms with E-state index in [2.05, 4.69) is 0 Å². The molecule has 3 heteroatoms. The molecule has 0 amide bonds. The standard InChI is InChI=1S/CH6OSi.Li.H/c1-3-2;;/h2H,3H2,1H3;;/q;+1;-1. The quantitative estimate of drug-likeness (QED) is 0.290. The second-order valence-electron chi connectivity index (χ2n) is 0.316. The van der Waals surface area contributed by atoms with Gasteiger partial charge in [0.15, 0.2) is 9.76 Å². The fourth-order valence-corrected chi connectivity index (χ4v) is 0. The molecule has 0 aromatic carbocycles. The van der Waals surface area contributed by atoms with Gasteiger partial charge >= 0.3 is 18.9 Å². The summed E-state index contributed by atoms with van der Waals surface area (Å²) in [4.78, 5) is 7.71. The number of hydrogen-bond donors (Lipinski definition) is 1. The Balaban J connectivity index is -0.0000000200. The van der Waals surface area contributed by atoms with Crippen LogP contribution in [0.4, 0.5) is 0 Å². The minimum Gasteiger partial charge on any atom is -1.00 e. The van der Waals surface area contributed by atoms with E-state index >= 15 is 0 Å². The molecule has 1 N–H and O–H groups in total. The molecule has 0 saturated carbocycles. The Labute approximate surface area is 42.0 Å². The number of rotatable bonds is 0. The van der Waals surface area contributed by atoms with Gasteiger partial charge in [0, 0.05) is 0 Å². The summed E-state index contributed by atoms with van der Waals surface area (Å²) in [6.07, 6.45) is 0. The van der Waals surface area contributed by atoms with E-state index in [9.17, 15) is 0 Å². The summed E-state index contributed by atoms with van der Waals surface area (Å²) in [5, 5.41) is 0. The smallest absolute Gasteiger partial charge is 1.00 e.